The molecule has 0 saturated carbocycles. The molecule has 0 aromatic heterocycles. The summed E-state index contributed by atoms with van der Waals surface area (Å²) in [7, 11) is 2.00. The molecule has 0 rings (SSSR count). The van der Waals surface area contributed by atoms with Gasteiger partial charge in [-0.3, -0.25) is 4.79 Å². The van der Waals surface area contributed by atoms with Crippen molar-refractivity contribution in [1.29, 1.82) is 5.26 Å². The number of carbonyl (C=O) groups excluding carboxylic acids is 1. The third-order valence-electron chi connectivity index (χ3n) is 2.50. The Bertz CT molecular complexity index is 208. The van der Waals surface area contributed by atoms with E-state index in [9.17, 15) is 4.79 Å². The fourth-order valence-electron chi connectivity index (χ4n) is 1.21. The van der Waals surface area contributed by atoms with E-state index in [-0.39, 0.29) is 6.04 Å². The first-order chi connectivity index (χ1) is 6.61. The quantitative estimate of drug-likeness (QED) is 0.625. The molecule has 3 heteroatoms. The Morgan fingerprint density at radius 3 is 2.71 bits per heavy atom. The van der Waals surface area contributed by atoms with Crippen LogP contribution in [0.2, 0.25) is 0 Å². The van der Waals surface area contributed by atoms with E-state index in [1.165, 1.54) is 0 Å². The summed E-state index contributed by atoms with van der Waals surface area (Å²) in [5.41, 5.74) is 0. The fourth-order valence-corrected chi connectivity index (χ4v) is 1.21. The van der Waals surface area contributed by atoms with Crippen LogP contribution in [0, 0.1) is 11.3 Å². The van der Waals surface area contributed by atoms with Gasteiger partial charge in [-0.1, -0.05) is 6.92 Å². The Kier molecular flexibility index (Phi) is 7.04. The highest BCUT2D eigenvalue weighted by molar-refractivity contribution is 5.77. The van der Waals surface area contributed by atoms with Gasteiger partial charge in [-0.15, -0.1) is 0 Å². The van der Waals surface area contributed by atoms with Crippen LogP contribution in [-0.2, 0) is 4.79 Å². The summed E-state index contributed by atoms with van der Waals surface area (Å²) in [5, 5.41) is 8.51. The normalized spacial score (nSPS) is 12.5. The standard InChI is InChI=1S/C11H20N2O/c1-4-11(14)6-5-9-13(3)10(2)7-8-12/h10H,4-7,9H2,1-3H3. The molecular formula is C11H20N2O. The van der Waals surface area contributed by atoms with Gasteiger partial charge in [0.1, 0.15) is 5.78 Å². The Balaban J connectivity index is 3.58. The van der Waals surface area contributed by atoms with Crippen molar-refractivity contribution in [3.05, 3.63) is 0 Å². The molecule has 80 valence electrons. The Hall–Kier alpha value is -0.880. The van der Waals surface area contributed by atoms with E-state index in [0.29, 0.717) is 25.0 Å². The average molecular weight is 196 g/mol. The minimum atomic E-state index is 0.289. The van der Waals surface area contributed by atoms with Crippen LogP contribution >= 0.6 is 0 Å². The number of nitrogens with zero attached hydrogens (tertiary/aromatic N) is 2. The molecule has 0 amide bonds. The van der Waals surface area contributed by atoms with Crippen LogP contribution in [0.3, 0.4) is 0 Å². The maximum Gasteiger partial charge on any atom is 0.132 e. The summed E-state index contributed by atoms with van der Waals surface area (Å²) in [6, 6.07) is 2.44. The summed E-state index contributed by atoms with van der Waals surface area (Å²) in [6.07, 6.45) is 2.76. The zero-order valence-corrected chi connectivity index (χ0v) is 9.42. The van der Waals surface area contributed by atoms with Gasteiger partial charge in [0.05, 0.1) is 12.5 Å². The van der Waals surface area contributed by atoms with Crippen molar-refractivity contribution in [2.75, 3.05) is 13.6 Å². The summed E-state index contributed by atoms with van der Waals surface area (Å²) in [4.78, 5) is 13.1. The first kappa shape index (κ1) is 13.1. The third-order valence-corrected chi connectivity index (χ3v) is 2.50. The third kappa shape index (κ3) is 5.71. The molecule has 0 saturated heterocycles. The summed E-state index contributed by atoms with van der Waals surface area (Å²) < 4.78 is 0. The number of hydrogen-bond donors (Lipinski definition) is 0. The number of rotatable bonds is 7. The van der Waals surface area contributed by atoms with Crippen LogP contribution in [0.25, 0.3) is 0 Å². The number of hydrogen-bond acceptors (Lipinski definition) is 3. The number of ketones is 1. The van der Waals surface area contributed by atoms with Crippen LogP contribution in [0.15, 0.2) is 0 Å². The molecule has 0 aliphatic carbocycles. The molecule has 1 unspecified atom stereocenters. The van der Waals surface area contributed by atoms with Gasteiger partial charge >= 0.3 is 0 Å². The molecule has 0 aliphatic heterocycles. The highest BCUT2D eigenvalue weighted by atomic mass is 16.1. The van der Waals surface area contributed by atoms with Crippen LogP contribution in [0.5, 0.6) is 0 Å². The summed E-state index contributed by atoms with van der Waals surface area (Å²) in [6.45, 7) is 4.82. The molecule has 0 spiro atoms. The number of nitriles is 1. The maximum absolute atomic E-state index is 11.0. The molecule has 14 heavy (non-hydrogen) atoms. The van der Waals surface area contributed by atoms with Crippen molar-refractivity contribution in [3.8, 4) is 6.07 Å². The minimum Gasteiger partial charge on any atom is -0.303 e. The SMILES string of the molecule is CCC(=O)CCCN(C)C(C)CC#N. The molecule has 1 atom stereocenters. The smallest absolute Gasteiger partial charge is 0.132 e. The van der Waals surface area contributed by atoms with Gasteiger partial charge in [0, 0.05) is 18.9 Å². The van der Waals surface area contributed by atoms with Gasteiger partial charge in [-0.25, -0.2) is 0 Å². The molecule has 0 radical (unpaired) electrons. The van der Waals surface area contributed by atoms with Crippen molar-refractivity contribution in [3.63, 3.8) is 0 Å². The molecule has 0 fully saturated rings. The van der Waals surface area contributed by atoms with Gasteiger partial charge in [0.15, 0.2) is 0 Å². The first-order valence-electron chi connectivity index (χ1n) is 5.20. The second kappa shape index (κ2) is 7.52. The Morgan fingerprint density at radius 1 is 1.57 bits per heavy atom. The van der Waals surface area contributed by atoms with E-state index in [1.54, 1.807) is 0 Å². The molecule has 0 aliphatic rings. The lowest BCUT2D eigenvalue weighted by Gasteiger charge is -2.22. The average Bonchev–Trinajstić information content (AvgIpc) is 2.17. The lowest BCUT2D eigenvalue weighted by molar-refractivity contribution is -0.118. The van der Waals surface area contributed by atoms with E-state index in [0.717, 1.165) is 13.0 Å². The highest BCUT2D eigenvalue weighted by Crippen LogP contribution is 2.03. The van der Waals surface area contributed by atoms with Crippen LogP contribution in [0.4, 0.5) is 0 Å². The molecule has 3 nitrogen and oxygen atoms in total. The van der Waals surface area contributed by atoms with Gasteiger partial charge in [-0.2, -0.15) is 5.26 Å². The van der Waals surface area contributed by atoms with Crippen LogP contribution in [0.1, 0.15) is 39.5 Å². The Morgan fingerprint density at radius 2 is 2.21 bits per heavy atom. The molecule has 0 aromatic rings. The molecule has 0 aromatic carbocycles. The van der Waals surface area contributed by atoms with E-state index in [1.807, 2.05) is 20.9 Å². The topological polar surface area (TPSA) is 44.1 Å². The first-order valence-corrected chi connectivity index (χ1v) is 5.20. The molecular weight excluding hydrogens is 176 g/mol. The highest BCUT2D eigenvalue weighted by Gasteiger charge is 2.08. The lowest BCUT2D eigenvalue weighted by Crippen LogP contribution is -2.29. The number of carbonyl (C=O) groups is 1. The minimum absolute atomic E-state index is 0.289. The molecule has 0 bridgehead atoms. The monoisotopic (exact) mass is 196 g/mol. The van der Waals surface area contributed by atoms with Gasteiger partial charge in [0.2, 0.25) is 0 Å². The van der Waals surface area contributed by atoms with Crippen molar-refractivity contribution >= 4 is 5.78 Å². The predicted octanol–water partition coefficient (Wildman–Crippen LogP) is 1.98. The zero-order valence-electron chi connectivity index (χ0n) is 9.42. The lowest BCUT2D eigenvalue weighted by atomic mass is 10.1. The van der Waals surface area contributed by atoms with E-state index < -0.39 is 0 Å². The number of Topliss-reactive ketones (excluding diaryl/α,β-unsaturated/α-hetero) is 1. The fraction of sp³-hybridized carbons (Fsp3) is 0.818. The zero-order chi connectivity index (χ0) is 11.0. The second-order valence-electron chi connectivity index (χ2n) is 3.69. The van der Waals surface area contributed by atoms with Crippen molar-refractivity contribution in [2.45, 2.75) is 45.6 Å². The van der Waals surface area contributed by atoms with Crippen molar-refractivity contribution in [1.82, 2.24) is 4.90 Å². The predicted molar refractivity (Wildman–Crippen MR) is 56.9 cm³/mol. The van der Waals surface area contributed by atoms with Crippen LogP contribution < -0.4 is 0 Å². The summed E-state index contributed by atoms with van der Waals surface area (Å²) in [5.74, 6) is 0.325. The van der Waals surface area contributed by atoms with Crippen molar-refractivity contribution < 1.29 is 4.79 Å². The van der Waals surface area contributed by atoms with Gasteiger partial charge in [-0.05, 0) is 26.9 Å². The van der Waals surface area contributed by atoms with E-state index in [4.69, 9.17) is 5.26 Å². The maximum atomic E-state index is 11.0. The second-order valence-corrected chi connectivity index (χ2v) is 3.69. The van der Waals surface area contributed by atoms with E-state index in [2.05, 4.69) is 11.0 Å². The molecule has 0 N–H and O–H groups in total. The van der Waals surface area contributed by atoms with Crippen LogP contribution in [-0.4, -0.2) is 30.3 Å². The van der Waals surface area contributed by atoms with Gasteiger partial charge < -0.3 is 4.90 Å². The summed E-state index contributed by atoms with van der Waals surface area (Å²) >= 11 is 0. The molecule has 0 heterocycles. The van der Waals surface area contributed by atoms with Gasteiger partial charge in [0.25, 0.3) is 0 Å². The van der Waals surface area contributed by atoms with E-state index >= 15 is 0 Å². The Labute approximate surface area is 86.7 Å². The largest absolute Gasteiger partial charge is 0.303 e. The van der Waals surface area contributed by atoms with Crippen molar-refractivity contribution in [2.24, 2.45) is 0 Å².